The van der Waals surface area contributed by atoms with Gasteiger partial charge < -0.3 is 19.8 Å². The third kappa shape index (κ3) is 3.26. The minimum Gasteiger partial charge on any atom is -0.394 e. The maximum Gasteiger partial charge on any atom is 0.272 e. The van der Waals surface area contributed by atoms with E-state index in [4.69, 9.17) is 4.52 Å². The van der Waals surface area contributed by atoms with E-state index in [1.807, 2.05) is 19.9 Å². The van der Waals surface area contributed by atoms with E-state index in [0.717, 1.165) is 29.9 Å². The van der Waals surface area contributed by atoms with E-state index in [1.54, 1.807) is 17.0 Å². The molecule has 2 aromatic rings. The Morgan fingerprint density at radius 1 is 1.46 bits per heavy atom. The quantitative estimate of drug-likeness (QED) is 0.870. The third-order valence-corrected chi connectivity index (χ3v) is 4.44. The Hall–Kier alpha value is -2.41. The zero-order valence-corrected chi connectivity index (χ0v) is 14.0. The number of pyridine rings is 1. The highest BCUT2D eigenvalue weighted by atomic mass is 16.5. The van der Waals surface area contributed by atoms with Crippen LogP contribution in [0.3, 0.4) is 0 Å². The average molecular weight is 330 g/mol. The van der Waals surface area contributed by atoms with E-state index in [0.29, 0.717) is 24.6 Å². The van der Waals surface area contributed by atoms with Crippen molar-refractivity contribution < 1.29 is 14.4 Å². The van der Waals surface area contributed by atoms with Crippen LogP contribution in [0.4, 0.5) is 5.82 Å². The lowest BCUT2D eigenvalue weighted by molar-refractivity contribution is 0.0672. The second-order valence-electron chi connectivity index (χ2n) is 6.04. The zero-order chi connectivity index (χ0) is 17.1. The van der Waals surface area contributed by atoms with Crippen LogP contribution in [0, 0.1) is 13.8 Å². The van der Waals surface area contributed by atoms with Crippen LogP contribution < -0.4 is 5.32 Å². The van der Waals surface area contributed by atoms with Crippen LogP contribution >= 0.6 is 0 Å². The van der Waals surface area contributed by atoms with Gasteiger partial charge >= 0.3 is 0 Å². The molecule has 1 saturated heterocycles. The van der Waals surface area contributed by atoms with Crippen molar-refractivity contribution in [1.29, 1.82) is 0 Å². The molecule has 24 heavy (non-hydrogen) atoms. The van der Waals surface area contributed by atoms with Crippen LogP contribution in [0.25, 0.3) is 0 Å². The summed E-state index contributed by atoms with van der Waals surface area (Å²) in [6.45, 7) is 4.96. The summed E-state index contributed by atoms with van der Waals surface area (Å²) in [6.07, 6.45) is 1.76. The number of aromatic nitrogens is 2. The summed E-state index contributed by atoms with van der Waals surface area (Å²) in [5.41, 5.74) is 2.22. The fraction of sp³-hybridized carbons (Fsp3) is 0.471. The molecule has 0 bridgehead atoms. The summed E-state index contributed by atoms with van der Waals surface area (Å²) in [7, 11) is 0. The number of hydrogen-bond donors (Lipinski definition) is 2. The first-order valence-electron chi connectivity index (χ1n) is 8.14. The normalized spacial score (nSPS) is 17.3. The fourth-order valence-electron chi connectivity index (χ4n) is 3.03. The topological polar surface area (TPSA) is 91.5 Å². The monoisotopic (exact) mass is 330 g/mol. The van der Waals surface area contributed by atoms with Gasteiger partial charge in [0.1, 0.15) is 17.3 Å². The molecule has 3 heterocycles. The molecule has 1 fully saturated rings. The molecule has 0 saturated carbocycles. The molecule has 1 amide bonds. The summed E-state index contributed by atoms with van der Waals surface area (Å²) in [6, 6.07) is 5.23. The van der Waals surface area contributed by atoms with E-state index in [1.165, 1.54) is 0 Å². The van der Waals surface area contributed by atoms with E-state index < -0.39 is 0 Å². The number of hydrogen-bond acceptors (Lipinski definition) is 6. The largest absolute Gasteiger partial charge is 0.394 e. The van der Waals surface area contributed by atoms with Crippen LogP contribution in [0.5, 0.6) is 0 Å². The highest BCUT2D eigenvalue weighted by Gasteiger charge is 2.29. The molecule has 0 spiro atoms. The first-order chi connectivity index (χ1) is 11.6. The molecule has 0 radical (unpaired) electrons. The van der Waals surface area contributed by atoms with Crippen molar-refractivity contribution in [3.8, 4) is 0 Å². The van der Waals surface area contributed by atoms with E-state index in [2.05, 4.69) is 15.5 Å². The van der Waals surface area contributed by atoms with Gasteiger partial charge in [0.05, 0.1) is 18.3 Å². The van der Waals surface area contributed by atoms with Crippen molar-refractivity contribution in [1.82, 2.24) is 15.0 Å². The Labute approximate surface area is 140 Å². The van der Waals surface area contributed by atoms with Crippen LogP contribution in [-0.2, 0) is 6.54 Å². The summed E-state index contributed by atoms with van der Waals surface area (Å²) in [5, 5.41) is 16.5. The maximum atomic E-state index is 12.6. The molecule has 7 nitrogen and oxygen atoms in total. The highest BCUT2D eigenvalue weighted by molar-refractivity contribution is 5.93. The summed E-state index contributed by atoms with van der Waals surface area (Å²) in [5.74, 6) is 1.27. The molecule has 1 aliphatic rings. The third-order valence-electron chi connectivity index (χ3n) is 4.44. The van der Waals surface area contributed by atoms with Crippen molar-refractivity contribution in [2.24, 2.45) is 0 Å². The maximum absolute atomic E-state index is 12.6. The van der Waals surface area contributed by atoms with Gasteiger partial charge in [-0.15, -0.1) is 0 Å². The van der Waals surface area contributed by atoms with Crippen LogP contribution in [-0.4, -0.2) is 45.2 Å². The number of aliphatic hydroxyl groups is 1. The molecule has 1 atom stereocenters. The van der Waals surface area contributed by atoms with Crippen molar-refractivity contribution in [2.45, 2.75) is 39.3 Å². The van der Waals surface area contributed by atoms with E-state index in [9.17, 15) is 9.90 Å². The number of amides is 1. The second-order valence-corrected chi connectivity index (χ2v) is 6.04. The second kappa shape index (κ2) is 7.00. The summed E-state index contributed by atoms with van der Waals surface area (Å²) < 4.78 is 5.14. The van der Waals surface area contributed by atoms with Gasteiger partial charge in [-0.1, -0.05) is 11.2 Å². The van der Waals surface area contributed by atoms with Gasteiger partial charge in [0.25, 0.3) is 5.91 Å². The molecule has 1 unspecified atom stereocenters. The molecule has 2 aromatic heterocycles. The van der Waals surface area contributed by atoms with Gasteiger partial charge in [-0.2, -0.15) is 0 Å². The van der Waals surface area contributed by atoms with Crippen LogP contribution in [0.2, 0.25) is 0 Å². The van der Waals surface area contributed by atoms with Crippen molar-refractivity contribution in [3.05, 3.63) is 40.9 Å². The molecule has 2 N–H and O–H groups in total. The Kier molecular flexibility index (Phi) is 4.80. The fourth-order valence-corrected chi connectivity index (χ4v) is 3.03. The Balaban J connectivity index is 1.71. The van der Waals surface area contributed by atoms with Crippen LogP contribution in [0.1, 0.15) is 40.3 Å². The summed E-state index contributed by atoms with van der Waals surface area (Å²) in [4.78, 5) is 18.7. The lowest BCUT2D eigenvalue weighted by Crippen LogP contribution is -2.38. The Bertz CT molecular complexity index is 709. The summed E-state index contributed by atoms with van der Waals surface area (Å²) >= 11 is 0. The zero-order valence-electron chi connectivity index (χ0n) is 14.0. The smallest absolute Gasteiger partial charge is 0.272 e. The lowest BCUT2D eigenvalue weighted by atomic mass is 10.2. The SMILES string of the molecule is Cc1noc(C)c1CNc1cccc(C(=O)N2CCCC2CO)n1. The predicted molar refractivity (Wildman–Crippen MR) is 88.7 cm³/mol. The number of aliphatic hydroxyl groups excluding tert-OH is 1. The number of aryl methyl sites for hydroxylation is 2. The minimum absolute atomic E-state index is 0.00424. The standard InChI is InChI=1S/C17H22N4O3/c1-11-14(12(2)24-20-11)9-18-16-7-3-6-15(19-16)17(23)21-8-4-5-13(21)10-22/h3,6-7,13,22H,4-5,8-10H2,1-2H3,(H,18,19). The number of carbonyl (C=O) groups excluding carboxylic acids is 1. The highest BCUT2D eigenvalue weighted by Crippen LogP contribution is 2.20. The number of anilines is 1. The molecule has 7 heteroatoms. The Morgan fingerprint density at radius 3 is 3.00 bits per heavy atom. The molecule has 3 rings (SSSR count). The molecular weight excluding hydrogens is 308 g/mol. The number of rotatable bonds is 5. The van der Waals surface area contributed by atoms with Gasteiger partial charge in [0.2, 0.25) is 0 Å². The number of likely N-dealkylation sites (tertiary alicyclic amines) is 1. The van der Waals surface area contributed by atoms with Gasteiger partial charge in [0.15, 0.2) is 0 Å². The van der Waals surface area contributed by atoms with E-state index >= 15 is 0 Å². The minimum atomic E-state index is -0.132. The molecular formula is C17H22N4O3. The average Bonchev–Trinajstić information content (AvgIpc) is 3.19. The molecule has 0 aliphatic carbocycles. The molecule has 128 valence electrons. The van der Waals surface area contributed by atoms with Gasteiger partial charge in [-0.25, -0.2) is 4.98 Å². The Morgan fingerprint density at radius 2 is 2.29 bits per heavy atom. The van der Waals surface area contributed by atoms with Gasteiger partial charge in [-0.3, -0.25) is 4.79 Å². The van der Waals surface area contributed by atoms with Crippen molar-refractivity contribution in [3.63, 3.8) is 0 Å². The first kappa shape index (κ1) is 16.4. The number of nitrogens with zero attached hydrogens (tertiary/aromatic N) is 3. The predicted octanol–water partition coefficient (Wildman–Crippen LogP) is 1.90. The number of nitrogens with one attached hydrogen (secondary N) is 1. The molecule has 1 aliphatic heterocycles. The molecule has 0 aromatic carbocycles. The number of carbonyl (C=O) groups is 1. The van der Waals surface area contributed by atoms with Gasteiger partial charge in [0, 0.05) is 18.7 Å². The van der Waals surface area contributed by atoms with E-state index in [-0.39, 0.29) is 18.6 Å². The van der Waals surface area contributed by atoms with Crippen molar-refractivity contribution in [2.75, 3.05) is 18.5 Å². The van der Waals surface area contributed by atoms with Crippen molar-refractivity contribution >= 4 is 11.7 Å². The lowest BCUT2D eigenvalue weighted by Gasteiger charge is -2.22. The first-order valence-corrected chi connectivity index (χ1v) is 8.14. The van der Waals surface area contributed by atoms with Gasteiger partial charge in [-0.05, 0) is 38.8 Å². The van der Waals surface area contributed by atoms with Crippen LogP contribution in [0.15, 0.2) is 22.7 Å².